The molecule has 1 fully saturated rings. The summed E-state index contributed by atoms with van der Waals surface area (Å²) < 4.78 is 39.9. The van der Waals surface area contributed by atoms with Gasteiger partial charge in [-0.05, 0) is 42.5 Å². The first-order valence-electron chi connectivity index (χ1n) is 6.62. The predicted octanol–water partition coefficient (Wildman–Crippen LogP) is 3.50. The van der Waals surface area contributed by atoms with Crippen LogP contribution in [0.15, 0.2) is 29.3 Å². The van der Waals surface area contributed by atoms with Crippen molar-refractivity contribution in [2.45, 2.75) is 39.1 Å². The number of guanidine groups is 1. The molecule has 2 rings (SSSR count). The SMILES string of the molecule is CC1(C)CCC1N=C(N)Nc1ccc(OC(F)(F)F)cc1. The second kappa shape index (κ2) is 5.46. The molecule has 21 heavy (non-hydrogen) atoms. The van der Waals surface area contributed by atoms with Gasteiger partial charge in [-0.15, -0.1) is 13.2 Å². The van der Waals surface area contributed by atoms with Crippen LogP contribution in [-0.4, -0.2) is 18.4 Å². The van der Waals surface area contributed by atoms with Crippen molar-refractivity contribution in [1.82, 2.24) is 0 Å². The first-order chi connectivity index (χ1) is 9.66. The van der Waals surface area contributed by atoms with Crippen LogP contribution in [0, 0.1) is 5.41 Å². The molecule has 0 saturated heterocycles. The Balaban J connectivity index is 1.95. The number of nitrogens with one attached hydrogen (secondary N) is 1. The van der Waals surface area contributed by atoms with Crippen LogP contribution < -0.4 is 15.8 Å². The topological polar surface area (TPSA) is 59.6 Å². The minimum Gasteiger partial charge on any atom is -0.406 e. The number of anilines is 1. The zero-order valence-corrected chi connectivity index (χ0v) is 11.9. The minimum atomic E-state index is -4.69. The Hall–Kier alpha value is -1.92. The highest BCUT2D eigenvalue weighted by atomic mass is 19.4. The fourth-order valence-electron chi connectivity index (χ4n) is 2.18. The fraction of sp³-hybridized carbons (Fsp3) is 0.500. The summed E-state index contributed by atoms with van der Waals surface area (Å²) in [6.45, 7) is 4.25. The van der Waals surface area contributed by atoms with E-state index in [1.807, 2.05) is 0 Å². The van der Waals surface area contributed by atoms with E-state index in [1.165, 1.54) is 24.3 Å². The molecule has 0 spiro atoms. The zero-order valence-electron chi connectivity index (χ0n) is 11.9. The maximum absolute atomic E-state index is 12.0. The summed E-state index contributed by atoms with van der Waals surface area (Å²) in [5.41, 5.74) is 6.51. The summed E-state index contributed by atoms with van der Waals surface area (Å²) in [6.07, 6.45) is -2.59. The van der Waals surface area contributed by atoms with Crippen LogP contribution >= 0.6 is 0 Å². The number of hydrogen-bond donors (Lipinski definition) is 2. The lowest BCUT2D eigenvalue weighted by Gasteiger charge is -2.41. The van der Waals surface area contributed by atoms with E-state index in [0.717, 1.165) is 12.8 Å². The van der Waals surface area contributed by atoms with Crippen molar-refractivity contribution < 1.29 is 17.9 Å². The van der Waals surface area contributed by atoms with Crippen LogP contribution in [0.5, 0.6) is 5.75 Å². The van der Waals surface area contributed by atoms with Gasteiger partial charge in [-0.25, -0.2) is 4.99 Å². The summed E-state index contributed by atoms with van der Waals surface area (Å²) >= 11 is 0. The lowest BCUT2D eigenvalue weighted by atomic mass is 9.68. The van der Waals surface area contributed by atoms with Crippen LogP contribution in [0.2, 0.25) is 0 Å². The molecule has 4 nitrogen and oxygen atoms in total. The number of nitrogens with two attached hydrogens (primary N) is 1. The van der Waals surface area contributed by atoms with Gasteiger partial charge in [-0.2, -0.15) is 0 Å². The average Bonchev–Trinajstić information content (AvgIpc) is 2.35. The Labute approximate surface area is 121 Å². The molecule has 1 saturated carbocycles. The molecular weight excluding hydrogens is 283 g/mol. The molecule has 1 aromatic carbocycles. The van der Waals surface area contributed by atoms with E-state index in [1.54, 1.807) is 0 Å². The van der Waals surface area contributed by atoms with E-state index >= 15 is 0 Å². The molecule has 116 valence electrons. The Morgan fingerprint density at radius 3 is 2.38 bits per heavy atom. The molecule has 0 radical (unpaired) electrons. The number of aliphatic imine (C=N–C) groups is 1. The van der Waals surface area contributed by atoms with Gasteiger partial charge >= 0.3 is 6.36 Å². The third kappa shape index (κ3) is 4.27. The second-order valence-electron chi connectivity index (χ2n) is 5.75. The highest BCUT2D eigenvalue weighted by Crippen LogP contribution is 2.42. The molecule has 0 amide bonds. The van der Waals surface area contributed by atoms with Crippen molar-refractivity contribution in [3.63, 3.8) is 0 Å². The summed E-state index contributed by atoms with van der Waals surface area (Å²) in [5.74, 6) is -0.0130. The molecule has 0 heterocycles. The summed E-state index contributed by atoms with van der Waals surface area (Å²) in [7, 11) is 0. The van der Waals surface area contributed by atoms with Crippen LogP contribution in [0.1, 0.15) is 26.7 Å². The van der Waals surface area contributed by atoms with E-state index in [2.05, 4.69) is 28.9 Å². The highest BCUT2D eigenvalue weighted by molar-refractivity contribution is 5.92. The van der Waals surface area contributed by atoms with E-state index < -0.39 is 6.36 Å². The number of alkyl halides is 3. The van der Waals surface area contributed by atoms with Gasteiger partial charge in [0.05, 0.1) is 6.04 Å². The Morgan fingerprint density at radius 1 is 1.33 bits per heavy atom. The Bertz CT molecular complexity index is 523. The molecule has 1 aromatic rings. The summed E-state index contributed by atoms with van der Waals surface area (Å²) in [4.78, 5) is 4.38. The maximum Gasteiger partial charge on any atom is 0.573 e. The molecule has 1 unspecified atom stereocenters. The van der Waals surface area contributed by atoms with Crippen LogP contribution in [0.25, 0.3) is 0 Å². The average molecular weight is 301 g/mol. The zero-order chi connectivity index (χ0) is 15.7. The molecule has 0 bridgehead atoms. The largest absolute Gasteiger partial charge is 0.573 e. The van der Waals surface area contributed by atoms with Gasteiger partial charge in [0.2, 0.25) is 0 Å². The van der Waals surface area contributed by atoms with Gasteiger partial charge in [-0.1, -0.05) is 13.8 Å². The monoisotopic (exact) mass is 301 g/mol. The standard InChI is InChI=1S/C14H18F3N3O/c1-13(2)8-7-11(13)20-12(18)19-9-3-5-10(6-4-9)21-14(15,16)17/h3-6,11H,7-8H2,1-2H3,(H3,18,19,20). The molecule has 0 aromatic heterocycles. The van der Waals surface area contributed by atoms with Gasteiger partial charge in [-0.3, -0.25) is 0 Å². The lowest BCUT2D eigenvalue weighted by Crippen LogP contribution is -2.40. The highest BCUT2D eigenvalue weighted by Gasteiger charge is 2.38. The minimum absolute atomic E-state index is 0.150. The number of hydrogen-bond acceptors (Lipinski definition) is 2. The molecule has 1 aliphatic rings. The fourth-order valence-corrected chi connectivity index (χ4v) is 2.18. The van der Waals surface area contributed by atoms with Gasteiger partial charge in [0.15, 0.2) is 5.96 Å². The predicted molar refractivity (Wildman–Crippen MR) is 75.2 cm³/mol. The van der Waals surface area contributed by atoms with Gasteiger partial charge in [0, 0.05) is 5.69 Å². The Kier molecular flexibility index (Phi) is 4.02. The summed E-state index contributed by atoms with van der Waals surface area (Å²) in [5, 5.41) is 2.86. The van der Waals surface area contributed by atoms with Gasteiger partial charge in [0.1, 0.15) is 5.75 Å². The Morgan fingerprint density at radius 2 is 1.95 bits per heavy atom. The number of benzene rings is 1. The quantitative estimate of drug-likeness (QED) is 0.663. The molecular formula is C14H18F3N3O. The number of ether oxygens (including phenoxy) is 1. The van der Waals surface area contributed by atoms with Crippen molar-refractivity contribution in [2.75, 3.05) is 5.32 Å². The molecule has 7 heteroatoms. The molecule has 1 aliphatic carbocycles. The van der Waals surface area contributed by atoms with Gasteiger partial charge in [0.25, 0.3) is 0 Å². The van der Waals surface area contributed by atoms with Crippen molar-refractivity contribution in [2.24, 2.45) is 16.1 Å². The molecule has 1 atom stereocenters. The third-order valence-electron chi connectivity index (χ3n) is 3.62. The number of nitrogens with zero attached hydrogens (tertiary/aromatic N) is 1. The number of halogens is 3. The van der Waals surface area contributed by atoms with E-state index in [4.69, 9.17) is 5.73 Å². The summed E-state index contributed by atoms with van der Waals surface area (Å²) in [6, 6.07) is 5.52. The van der Waals surface area contributed by atoms with E-state index in [-0.39, 0.29) is 23.2 Å². The normalized spacial score (nSPS) is 21.6. The van der Waals surface area contributed by atoms with E-state index in [9.17, 15) is 13.2 Å². The van der Waals surface area contributed by atoms with E-state index in [0.29, 0.717) is 5.69 Å². The molecule has 3 N–H and O–H groups in total. The third-order valence-corrected chi connectivity index (χ3v) is 3.62. The first-order valence-corrected chi connectivity index (χ1v) is 6.62. The first kappa shape index (κ1) is 15.5. The van der Waals surface area contributed by atoms with Crippen molar-refractivity contribution in [1.29, 1.82) is 0 Å². The van der Waals surface area contributed by atoms with Crippen molar-refractivity contribution in [3.05, 3.63) is 24.3 Å². The number of rotatable bonds is 3. The van der Waals surface area contributed by atoms with Crippen LogP contribution in [-0.2, 0) is 0 Å². The van der Waals surface area contributed by atoms with Crippen molar-refractivity contribution in [3.8, 4) is 5.75 Å². The van der Waals surface area contributed by atoms with Crippen molar-refractivity contribution >= 4 is 11.6 Å². The second-order valence-corrected chi connectivity index (χ2v) is 5.75. The lowest BCUT2D eigenvalue weighted by molar-refractivity contribution is -0.274. The smallest absolute Gasteiger partial charge is 0.406 e. The maximum atomic E-state index is 12.0. The van der Waals surface area contributed by atoms with Crippen LogP contribution in [0.3, 0.4) is 0 Å². The van der Waals surface area contributed by atoms with Gasteiger partial charge < -0.3 is 15.8 Å². The molecule has 0 aliphatic heterocycles. The van der Waals surface area contributed by atoms with Crippen LogP contribution in [0.4, 0.5) is 18.9 Å².